The normalized spacial score (nSPS) is 17.0. The maximum Gasteiger partial charge on any atom is 0.343 e. The third-order valence-corrected chi connectivity index (χ3v) is 4.73. The Balaban J connectivity index is 1.81. The molecular formula is C16H18N4O3S. The molecule has 1 saturated heterocycles. The Labute approximate surface area is 144 Å². The number of aryl methyl sites for hydroxylation is 1. The number of ether oxygens (including phenoxy) is 1. The second kappa shape index (κ2) is 7.59. The Morgan fingerprint density at radius 2 is 2.17 bits per heavy atom. The van der Waals surface area contributed by atoms with Crippen molar-refractivity contribution in [2.24, 2.45) is 0 Å². The fourth-order valence-corrected chi connectivity index (χ4v) is 3.33. The minimum Gasteiger partial charge on any atom is -0.376 e. The van der Waals surface area contributed by atoms with Gasteiger partial charge in [-0.3, -0.25) is 10.1 Å². The second-order valence-corrected chi connectivity index (χ2v) is 6.63. The van der Waals surface area contributed by atoms with Crippen LogP contribution in [0.5, 0.6) is 0 Å². The van der Waals surface area contributed by atoms with E-state index in [-0.39, 0.29) is 17.6 Å². The van der Waals surface area contributed by atoms with E-state index in [0.717, 1.165) is 29.9 Å². The number of rotatable bonds is 6. The lowest BCUT2D eigenvalue weighted by atomic mass is 10.2. The monoisotopic (exact) mass is 346 g/mol. The summed E-state index contributed by atoms with van der Waals surface area (Å²) in [6.45, 7) is 3.24. The Bertz CT molecular complexity index is 718. The van der Waals surface area contributed by atoms with Crippen LogP contribution in [0.2, 0.25) is 0 Å². The number of hydrogen-bond acceptors (Lipinski definition) is 7. The van der Waals surface area contributed by atoms with Crippen LogP contribution in [0.25, 0.3) is 0 Å². The molecule has 0 amide bonds. The number of nitrogens with one attached hydrogen (secondary N) is 1. The maximum atomic E-state index is 11.5. The van der Waals surface area contributed by atoms with Gasteiger partial charge in [0.15, 0.2) is 5.03 Å². The summed E-state index contributed by atoms with van der Waals surface area (Å²) in [5, 5.41) is 14.9. The standard InChI is InChI=1S/C16H18N4O3S/c1-11-4-6-13(7-5-11)24-16-14(20(21)22)15(18-10-19-16)17-9-12-3-2-8-23-12/h4-7,10,12H,2-3,8-9H2,1H3,(H,17,18,19). The predicted octanol–water partition coefficient (Wildman–Crippen LogP) is 3.44. The first-order valence-electron chi connectivity index (χ1n) is 7.73. The van der Waals surface area contributed by atoms with E-state index in [1.807, 2.05) is 31.2 Å². The second-order valence-electron chi connectivity index (χ2n) is 5.56. The molecule has 2 heterocycles. The highest BCUT2D eigenvalue weighted by Gasteiger charge is 2.25. The van der Waals surface area contributed by atoms with Crippen molar-refractivity contribution >= 4 is 23.3 Å². The third-order valence-electron chi connectivity index (χ3n) is 3.73. The Morgan fingerprint density at radius 3 is 2.83 bits per heavy atom. The Morgan fingerprint density at radius 1 is 1.38 bits per heavy atom. The molecule has 0 spiro atoms. The topological polar surface area (TPSA) is 90.2 Å². The first-order valence-corrected chi connectivity index (χ1v) is 8.54. The molecule has 1 aliphatic rings. The van der Waals surface area contributed by atoms with Crippen LogP contribution in [0.1, 0.15) is 18.4 Å². The van der Waals surface area contributed by atoms with Crippen LogP contribution in [-0.4, -0.2) is 34.1 Å². The quantitative estimate of drug-likeness (QED) is 0.487. The number of hydrogen-bond donors (Lipinski definition) is 1. The highest BCUT2D eigenvalue weighted by atomic mass is 32.2. The molecule has 8 heteroatoms. The summed E-state index contributed by atoms with van der Waals surface area (Å²) in [6.07, 6.45) is 3.40. The number of aromatic nitrogens is 2. The van der Waals surface area contributed by atoms with Gasteiger partial charge in [0, 0.05) is 18.0 Å². The van der Waals surface area contributed by atoms with Crippen LogP contribution in [0, 0.1) is 17.0 Å². The number of benzene rings is 1. The van der Waals surface area contributed by atoms with Crippen LogP contribution in [0.3, 0.4) is 0 Å². The van der Waals surface area contributed by atoms with Crippen LogP contribution < -0.4 is 5.32 Å². The lowest BCUT2D eigenvalue weighted by Gasteiger charge is -2.12. The van der Waals surface area contributed by atoms with E-state index in [9.17, 15) is 10.1 Å². The Kier molecular flexibility index (Phi) is 5.27. The molecule has 1 atom stereocenters. The predicted molar refractivity (Wildman–Crippen MR) is 91.5 cm³/mol. The van der Waals surface area contributed by atoms with Gasteiger partial charge in [0.05, 0.1) is 11.0 Å². The van der Waals surface area contributed by atoms with Gasteiger partial charge in [-0.2, -0.15) is 0 Å². The molecule has 1 unspecified atom stereocenters. The molecule has 1 N–H and O–H groups in total. The highest BCUT2D eigenvalue weighted by Crippen LogP contribution is 2.36. The summed E-state index contributed by atoms with van der Waals surface area (Å²) in [7, 11) is 0. The van der Waals surface area contributed by atoms with E-state index in [4.69, 9.17) is 4.74 Å². The van der Waals surface area contributed by atoms with Gasteiger partial charge in [-0.15, -0.1) is 0 Å². The summed E-state index contributed by atoms with van der Waals surface area (Å²) in [5.41, 5.74) is 1.04. The number of nitrogens with zero attached hydrogens (tertiary/aromatic N) is 3. The van der Waals surface area contributed by atoms with Gasteiger partial charge in [0.25, 0.3) is 0 Å². The van der Waals surface area contributed by atoms with Crippen molar-refractivity contribution in [3.63, 3.8) is 0 Å². The Hall–Kier alpha value is -2.19. The van der Waals surface area contributed by atoms with E-state index < -0.39 is 4.92 Å². The molecule has 0 bridgehead atoms. The first kappa shape index (κ1) is 16.7. The van der Waals surface area contributed by atoms with E-state index in [1.165, 1.54) is 18.1 Å². The minimum absolute atomic E-state index is 0.0766. The van der Waals surface area contributed by atoms with Crippen molar-refractivity contribution < 1.29 is 9.66 Å². The van der Waals surface area contributed by atoms with Gasteiger partial charge >= 0.3 is 5.69 Å². The van der Waals surface area contributed by atoms with E-state index in [0.29, 0.717) is 11.6 Å². The molecule has 1 aliphatic heterocycles. The fraction of sp³-hybridized carbons (Fsp3) is 0.375. The zero-order valence-corrected chi connectivity index (χ0v) is 14.1. The van der Waals surface area contributed by atoms with Gasteiger partial charge in [-0.05, 0) is 31.9 Å². The fourth-order valence-electron chi connectivity index (χ4n) is 2.47. The molecule has 24 heavy (non-hydrogen) atoms. The van der Waals surface area contributed by atoms with Crippen LogP contribution in [0.15, 0.2) is 40.5 Å². The van der Waals surface area contributed by atoms with Gasteiger partial charge in [0.1, 0.15) is 6.33 Å². The molecule has 2 aromatic rings. The van der Waals surface area contributed by atoms with E-state index >= 15 is 0 Å². The van der Waals surface area contributed by atoms with Crippen molar-refractivity contribution in [3.05, 3.63) is 46.3 Å². The highest BCUT2D eigenvalue weighted by molar-refractivity contribution is 7.99. The zero-order valence-electron chi connectivity index (χ0n) is 13.3. The van der Waals surface area contributed by atoms with Gasteiger partial charge in [-0.1, -0.05) is 29.5 Å². The molecule has 3 rings (SSSR count). The van der Waals surface area contributed by atoms with Crippen molar-refractivity contribution in [2.75, 3.05) is 18.5 Å². The summed E-state index contributed by atoms with van der Waals surface area (Å²) < 4.78 is 5.53. The zero-order chi connectivity index (χ0) is 16.9. The smallest absolute Gasteiger partial charge is 0.343 e. The summed E-state index contributed by atoms with van der Waals surface area (Å²) in [4.78, 5) is 20.1. The minimum atomic E-state index is -0.436. The lowest BCUT2D eigenvalue weighted by Crippen LogP contribution is -2.19. The van der Waals surface area contributed by atoms with Gasteiger partial charge in [-0.25, -0.2) is 9.97 Å². The first-order chi connectivity index (χ1) is 11.6. The average molecular weight is 346 g/mol. The van der Waals surface area contributed by atoms with Crippen molar-refractivity contribution in [1.29, 1.82) is 0 Å². The van der Waals surface area contributed by atoms with Crippen LogP contribution in [0.4, 0.5) is 11.5 Å². The van der Waals surface area contributed by atoms with Crippen molar-refractivity contribution in [2.45, 2.75) is 35.8 Å². The summed E-state index contributed by atoms with van der Waals surface area (Å²) in [5.74, 6) is 0.236. The van der Waals surface area contributed by atoms with Crippen molar-refractivity contribution in [1.82, 2.24) is 9.97 Å². The largest absolute Gasteiger partial charge is 0.376 e. The van der Waals surface area contributed by atoms with Gasteiger partial charge in [0.2, 0.25) is 5.82 Å². The molecule has 0 saturated carbocycles. The van der Waals surface area contributed by atoms with Crippen LogP contribution in [-0.2, 0) is 4.74 Å². The average Bonchev–Trinajstić information content (AvgIpc) is 3.08. The van der Waals surface area contributed by atoms with Crippen LogP contribution >= 0.6 is 11.8 Å². The molecule has 7 nitrogen and oxygen atoms in total. The summed E-state index contributed by atoms with van der Waals surface area (Å²) >= 11 is 1.26. The number of nitro groups is 1. The van der Waals surface area contributed by atoms with Gasteiger partial charge < -0.3 is 10.1 Å². The van der Waals surface area contributed by atoms with E-state index in [1.54, 1.807) is 0 Å². The lowest BCUT2D eigenvalue weighted by molar-refractivity contribution is -0.387. The number of anilines is 1. The summed E-state index contributed by atoms with van der Waals surface area (Å²) in [6, 6.07) is 7.77. The molecule has 1 fully saturated rings. The SMILES string of the molecule is Cc1ccc(Sc2ncnc(NCC3CCCO3)c2[N+](=O)[O-])cc1. The molecule has 1 aromatic heterocycles. The molecule has 0 aliphatic carbocycles. The maximum absolute atomic E-state index is 11.5. The molecule has 126 valence electrons. The van der Waals surface area contributed by atoms with Crippen molar-refractivity contribution in [3.8, 4) is 0 Å². The molecular weight excluding hydrogens is 328 g/mol. The van der Waals surface area contributed by atoms with E-state index in [2.05, 4.69) is 15.3 Å². The molecule has 0 radical (unpaired) electrons. The molecule has 1 aromatic carbocycles. The third kappa shape index (κ3) is 4.01.